The van der Waals surface area contributed by atoms with Crippen molar-refractivity contribution in [3.05, 3.63) is 58.2 Å². The van der Waals surface area contributed by atoms with Crippen LogP contribution in [0.4, 0.5) is 16.3 Å². The molecule has 0 bridgehead atoms. The van der Waals surface area contributed by atoms with Gasteiger partial charge in [-0.1, -0.05) is 32.0 Å². The van der Waals surface area contributed by atoms with Crippen molar-refractivity contribution in [3.8, 4) is 0 Å². The van der Waals surface area contributed by atoms with E-state index in [4.69, 9.17) is 4.98 Å². The molecule has 8 heteroatoms. The summed E-state index contributed by atoms with van der Waals surface area (Å²) in [6.45, 7) is 9.24. The van der Waals surface area contributed by atoms with Gasteiger partial charge in [0.25, 0.3) is 0 Å². The molecule has 3 aromatic rings. The zero-order valence-electron chi connectivity index (χ0n) is 18.3. The van der Waals surface area contributed by atoms with Crippen molar-refractivity contribution in [1.29, 1.82) is 0 Å². The summed E-state index contributed by atoms with van der Waals surface area (Å²) in [6, 6.07) is 9.62. The third kappa shape index (κ3) is 5.32. The van der Waals surface area contributed by atoms with E-state index in [2.05, 4.69) is 39.9 Å². The van der Waals surface area contributed by atoms with Gasteiger partial charge >= 0.3 is 6.03 Å². The van der Waals surface area contributed by atoms with E-state index in [1.807, 2.05) is 41.9 Å². The van der Waals surface area contributed by atoms with E-state index in [1.165, 1.54) is 10.7 Å². The number of aromatic nitrogens is 3. The maximum absolute atomic E-state index is 12.5. The summed E-state index contributed by atoms with van der Waals surface area (Å²) < 4.78 is 1.95. The van der Waals surface area contributed by atoms with E-state index in [0.29, 0.717) is 5.92 Å². The van der Waals surface area contributed by atoms with E-state index in [0.717, 1.165) is 49.5 Å². The number of hydrogen-bond donors (Lipinski definition) is 2. The van der Waals surface area contributed by atoms with Crippen LogP contribution in [0.1, 0.15) is 54.9 Å². The molecule has 3 heterocycles. The Morgan fingerprint density at radius 2 is 1.97 bits per heavy atom. The highest BCUT2D eigenvalue weighted by Gasteiger charge is 2.24. The van der Waals surface area contributed by atoms with Gasteiger partial charge in [-0.15, -0.1) is 11.3 Å². The number of para-hydroxylation sites is 1. The molecule has 31 heavy (non-hydrogen) atoms. The maximum atomic E-state index is 12.5. The fourth-order valence-electron chi connectivity index (χ4n) is 3.86. The molecule has 7 nitrogen and oxygen atoms in total. The van der Waals surface area contributed by atoms with Crippen LogP contribution in [0.25, 0.3) is 0 Å². The number of hydrogen-bond acceptors (Lipinski definition) is 5. The second-order valence-corrected chi connectivity index (χ2v) is 9.33. The van der Waals surface area contributed by atoms with Crippen molar-refractivity contribution in [3.63, 3.8) is 0 Å². The number of thiazole rings is 1. The van der Waals surface area contributed by atoms with Gasteiger partial charge in [0.2, 0.25) is 0 Å². The Morgan fingerprint density at radius 1 is 1.19 bits per heavy atom. The molecule has 0 unspecified atom stereocenters. The first-order valence-corrected chi connectivity index (χ1v) is 11.7. The minimum absolute atomic E-state index is 0.252. The average molecular weight is 439 g/mol. The molecule has 2 aromatic heterocycles. The highest BCUT2D eigenvalue weighted by atomic mass is 32.1. The smallest absolute Gasteiger partial charge is 0.307 e. The van der Waals surface area contributed by atoms with Crippen LogP contribution in [0.5, 0.6) is 0 Å². The molecule has 0 atom stereocenters. The van der Waals surface area contributed by atoms with Gasteiger partial charge in [0.1, 0.15) is 10.8 Å². The number of urea groups is 1. The fraction of sp³-hybridized carbons (Fsp3) is 0.435. The van der Waals surface area contributed by atoms with Crippen LogP contribution in [0.2, 0.25) is 0 Å². The monoisotopic (exact) mass is 438 g/mol. The lowest BCUT2D eigenvalue weighted by Gasteiger charge is -2.32. The third-order valence-corrected chi connectivity index (χ3v) is 6.58. The third-order valence-electron chi connectivity index (χ3n) is 5.73. The predicted molar refractivity (Wildman–Crippen MR) is 126 cm³/mol. The molecule has 0 radical (unpaired) electrons. The summed E-state index contributed by atoms with van der Waals surface area (Å²) in [6.07, 6.45) is 3.75. The molecule has 1 fully saturated rings. The van der Waals surface area contributed by atoms with Crippen LogP contribution in [-0.4, -0.2) is 38.8 Å². The largest absolute Gasteiger partial charge is 0.324 e. The van der Waals surface area contributed by atoms with Gasteiger partial charge in [-0.25, -0.2) is 14.5 Å². The van der Waals surface area contributed by atoms with Crippen molar-refractivity contribution in [1.82, 2.24) is 19.7 Å². The average Bonchev–Trinajstić information content (AvgIpc) is 3.40. The van der Waals surface area contributed by atoms with Gasteiger partial charge in [0.05, 0.1) is 24.5 Å². The van der Waals surface area contributed by atoms with E-state index in [1.54, 1.807) is 17.5 Å². The lowest BCUT2D eigenvalue weighted by atomic mass is 10.1. The Morgan fingerprint density at radius 3 is 2.68 bits per heavy atom. The van der Waals surface area contributed by atoms with Crippen LogP contribution >= 0.6 is 11.3 Å². The summed E-state index contributed by atoms with van der Waals surface area (Å²) in [7, 11) is 0. The first-order chi connectivity index (χ1) is 15.0. The Labute approximate surface area is 187 Å². The van der Waals surface area contributed by atoms with Crippen LogP contribution in [0.3, 0.4) is 0 Å². The number of carbonyl (C=O) groups is 1. The zero-order chi connectivity index (χ0) is 21.8. The van der Waals surface area contributed by atoms with E-state index in [9.17, 15) is 4.79 Å². The molecule has 4 rings (SSSR count). The van der Waals surface area contributed by atoms with Crippen molar-refractivity contribution < 1.29 is 4.79 Å². The molecular weight excluding hydrogens is 408 g/mol. The highest BCUT2D eigenvalue weighted by Crippen LogP contribution is 2.27. The van der Waals surface area contributed by atoms with Gasteiger partial charge in [-0.3, -0.25) is 10.2 Å². The molecular formula is C23H30N6OS. The second-order valence-electron chi connectivity index (χ2n) is 8.38. The minimum Gasteiger partial charge on any atom is -0.307 e. The first-order valence-electron chi connectivity index (χ1n) is 10.8. The van der Waals surface area contributed by atoms with E-state index >= 15 is 0 Å². The Bertz CT molecular complexity index is 1020. The van der Waals surface area contributed by atoms with E-state index in [-0.39, 0.29) is 12.1 Å². The number of piperidine rings is 1. The number of nitrogens with one attached hydrogen (secondary N) is 2. The number of rotatable bonds is 6. The predicted octanol–water partition coefficient (Wildman–Crippen LogP) is 5.25. The zero-order valence-corrected chi connectivity index (χ0v) is 19.2. The van der Waals surface area contributed by atoms with Gasteiger partial charge in [0.15, 0.2) is 0 Å². The number of nitrogens with zero attached hydrogens (tertiary/aromatic N) is 4. The lowest BCUT2D eigenvalue weighted by molar-refractivity contribution is 0.174. The lowest BCUT2D eigenvalue weighted by Crippen LogP contribution is -2.35. The van der Waals surface area contributed by atoms with Crippen LogP contribution in [0, 0.1) is 6.92 Å². The molecule has 164 valence electrons. The standard InChI is InChI=1S/C23H30N6OS/c1-16(2)20-15-31-22(25-20)14-28-12-9-18(10-13-28)29-21(8-11-24-29)27-23(30)26-19-7-5-4-6-17(19)3/h4-8,11,15-16,18H,9-10,12-14H2,1-3H3,(H2,26,27,30). The number of carbonyl (C=O) groups excluding carboxylic acids is 1. The van der Waals surface area contributed by atoms with Crippen molar-refractivity contribution in [2.45, 2.75) is 52.1 Å². The topological polar surface area (TPSA) is 75.1 Å². The molecule has 1 aromatic carbocycles. The Balaban J connectivity index is 1.32. The number of benzene rings is 1. The summed E-state index contributed by atoms with van der Waals surface area (Å²) >= 11 is 1.76. The number of anilines is 2. The highest BCUT2D eigenvalue weighted by molar-refractivity contribution is 7.09. The van der Waals surface area contributed by atoms with Gasteiger partial charge < -0.3 is 5.32 Å². The summed E-state index contributed by atoms with van der Waals surface area (Å²) in [5, 5.41) is 13.7. The van der Waals surface area contributed by atoms with Crippen molar-refractivity contribution in [2.24, 2.45) is 0 Å². The molecule has 2 N–H and O–H groups in total. The van der Waals surface area contributed by atoms with Gasteiger partial charge in [0, 0.05) is 30.2 Å². The summed E-state index contributed by atoms with van der Waals surface area (Å²) in [4.78, 5) is 19.7. The summed E-state index contributed by atoms with van der Waals surface area (Å²) in [5.74, 6) is 1.20. The number of aryl methyl sites for hydroxylation is 1. The molecule has 1 aliphatic heterocycles. The Hall–Kier alpha value is -2.71. The van der Waals surface area contributed by atoms with Gasteiger partial charge in [-0.2, -0.15) is 5.10 Å². The van der Waals surface area contributed by atoms with Crippen LogP contribution < -0.4 is 10.6 Å². The van der Waals surface area contributed by atoms with Gasteiger partial charge in [-0.05, 0) is 37.3 Å². The molecule has 2 amide bonds. The minimum atomic E-state index is -0.252. The molecule has 1 saturated heterocycles. The normalized spacial score (nSPS) is 15.4. The molecule has 0 spiro atoms. The molecule has 0 aliphatic carbocycles. The maximum Gasteiger partial charge on any atom is 0.324 e. The molecule has 1 aliphatic rings. The quantitative estimate of drug-likeness (QED) is 0.551. The van der Waals surface area contributed by atoms with Crippen LogP contribution in [0.15, 0.2) is 41.9 Å². The van der Waals surface area contributed by atoms with Crippen molar-refractivity contribution >= 4 is 28.9 Å². The number of amides is 2. The Kier molecular flexibility index (Phi) is 6.67. The first kappa shape index (κ1) is 21.5. The van der Waals surface area contributed by atoms with Crippen LogP contribution in [-0.2, 0) is 6.54 Å². The van der Waals surface area contributed by atoms with Crippen molar-refractivity contribution in [2.75, 3.05) is 23.7 Å². The SMILES string of the molecule is Cc1ccccc1NC(=O)Nc1ccnn1C1CCN(Cc2nc(C(C)C)cs2)CC1. The fourth-order valence-corrected chi connectivity index (χ4v) is 4.86. The second kappa shape index (κ2) is 9.62. The summed E-state index contributed by atoms with van der Waals surface area (Å²) in [5.41, 5.74) is 3.02. The molecule has 0 saturated carbocycles. The number of likely N-dealkylation sites (tertiary alicyclic amines) is 1. The van der Waals surface area contributed by atoms with E-state index < -0.39 is 0 Å².